The van der Waals surface area contributed by atoms with Crippen molar-refractivity contribution in [3.05, 3.63) is 23.8 Å². The molecule has 1 aromatic rings. The highest BCUT2D eigenvalue weighted by Crippen LogP contribution is 2.30. The molecule has 1 amide bonds. The van der Waals surface area contributed by atoms with Gasteiger partial charge in [0.15, 0.2) is 6.29 Å². The Morgan fingerprint density at radius 1 is 1.25 bits per heavy atom. The molecule has 2 heterocycles. The number of likely N-dealkylation sites (tertiary alicyclic amines) is 1. The molecule has 0 N–H and O–H groups in total. The molecule has 6 nitrogen and oxygen atoms in total. The van der Waals surface area contributed by atoms with E-state index in [0.717, 1.165) is 42.9 Å². The zero-order chi connectivity index (χ0) is 16.9. The second-order valence-corrected chi connectivity index (χ2v) is 6.19. The fraction of sp³-hybridized carbons (Fsp3) is 0.611. The molecule has 3 rings (SSSR count). The van der Waals surface area contributed by atoms with Crippen LogP contribution in [-0.2, 0) is 20.8 Å². The van der Waals surface area contributed by atoms with Crippen LogP contribution in [0.3, 0.4) is 0 Å². The summed E-state index contributed by atoms with van der Waals surface area (Å²) in [5.74, 6) is 1.61. The molecule has 0 aliphatic carbocycles. The predicted octanol–water partition coefficient (Wildman–Crippen LogP) is 2.35. The summed E-state index contributed by atoms with van der Waals surface area (Å²) in [6, 6.07) is 5.76. The number of benzene rings is 1. The first-order chi connectivity index (χ1) is 11.7. The minimum atomic E-state index is -0.119. The topological polar surface area (TPSA) is 57.2 Å². The second kappa shape index (κ2) is 7.85. The van der Waals surface area contributed by atoms with Gasteiger partial charge in [-0.15, -0.1) is 0 Å². The second-order valence-electron chi connectivity index (χ2n) is 6.19. The lowest BCUT2D eigenvalue weighted by molar-refractivity contribution is -0.183. The van der Waals surface area contributed by atoms with Gasteiger partial charge in [0.25, 0.3) is 0 Å². The van der Waals surface area contributed by atoms with Gasteiger partial charge in [-0.25, -0.2) is 0 Å². The van der Waals surface area contributed by atoms with Crippen LogP contribution in [0.1, 0.15) is 31.2 Å². The summed E-state index contributed by atoms with van der Waals surface area (Å²) in [4.78, 5) is 13.8. The van der Waals surface area contributed by atoms with Crippen molar-refractivity contribution in [3.63, 3.8) is 0 Å². The van der Waals surface area contributed by atoms with E-state index in [1.54, 1.807) is 14.2 Å². The van der Waals surface area contributed by atoms with Gasteiger partial charge in [-0.1, -0.05) is 0 Å². The molecule has 2 atom stereocenters. The maximum absolute atomic E-state index is 12.0. The Morgan fingerprint density at radius 3 is 2.79 bits per heavy atom. The van der Waals surface area contributed by atoms with E-state index < -0.39 is 0 Å². The molecule has 2 unspecified atom stereocenters. The predicted molar refractivity (Wildman–Crippen MR) is 88.0 cm³/mol. The van der Waals surface area contributed by atoms with Gasteiger partial charge in [0.2, 0.25) is 5.91 Å². The molecule has 2 saturated heterocycles. The molecule has 0 bridgehead atoms. The van der Waals surface area contributed by atoms with Crippen LogP contribution in [-0.4, -0.2) is 50.6 Å². The highest BCUT2D eigenvalue weighted by Gasteiger charge is 2.37. The van der Waals surface area contributed by atoms with Crippen molar-refractivity contribution in [2.75, 3.05) is 27.4 Å². The van der Waals surface area contributed by atoms with E-state index in [-0.39, 0.29) is 18.2 Å². The summed E-state index contributed by atoms with van der Waals surface area (Å²) in [6.07, 6.45) is 3.59. The van der Waals surface area contributed by atoms with Gasteiger partial charge in [0.1, 0.15) is 11.5 Å². The van der Waals surface area contributed by atoms with Gasteiger partial charge < -0.3 is 23.8 Å². The monoisotopic (exact) mass is 335 g/mol. The van der Waals surface area contributed by atoms with E-state index in [0.29, 0.717) is 19.6 Å². The first kappa shape index (κ1) is 17.0. The summed E-state index contributed by atoms with van der Waals surface area (Å²) in [5.41, 5.74) is 0.963. The number of methoxy groups -OCH3 is 2. The van der Waals surface area contributed by atoms with Crippen molar-refractivity contribution in [1.29, 1.82) is 0 Å². The Hall–Kier alpha value is -1.79. The van der Waals surface area contributed by atoms with Crippen LogP contribution in [0.25, 0.3) is 0 Å². The number of ether oxygens (including phenoxy) is 4. The molecule has 0 saturated carbocycles. The Morgan fingerprint density at radius 2 is 2.12 bits per heavy atom. The lowest BCUT2D eigenvalue weighted by Crippen LogP contribution is -2.54. The van der Waals surface area contributed by atoms with Gasteiger partial charge in [0.05, 0.1) is 26.9 Å². The summed E-state index contributed by atoms with van der Waals surface area (Å²) in [5, 5.41) is 0. The highest BCUT2D eigenvalue weighted by atomic mass is 16.7. The maximum Gasteiger partial charge on any atom is 0.225 e. The van der Waals surface area contributed by atoms with Gasteiger partial charge >= 0.3 is 0 Å². The molecule has 2 fully saturated rings. The summed E-state index contributed by atoms with van der Waals surface area (Å²) < 4.78 is 22.0. The van der Waals surface area contributed by atoms with Crippen molar-refractivity contribution in [1.82, 2.24) is 4.90 Å². The number of hydrogen-bond acceptors (Lipinski definition) is 5. The number of rotatable bonds is 7. The Bertz CT molecular complexity index is 571. The van der Waals surface area contributed by atoms with Gasteiger partial charge in [-0.05, 0) is 31.4 Å². The Balaban J connectivity index is 1.58. The minimum Gasteiger partial charge on any atom is -0.497 e. The standard InChI is InChI=1S/C18H25NO5/c1-21-15-7-6-13(16(10-15)22-2)11-19-14(9-17(19)20)12-24-18-5-3-4-8-23-18/h6-7,10,14,18H,3-5,8-9,11-12H2,1-2H3. The molecule has 0 radical (unpaired) electrons. The third-order valence-electron chi connectivity index (χ3n) is 4.62. The quantitative estimate of drug-likeness (QED) is 0.716. The Labute approximate surface area is 142 Å². The zero-order valence-electron chi connectivity index (χ0n) is 14.3. The van der Waals surface area contributed by atoms with E-state index in [9.17, 15) is 4.79 Å². The molecule has 2 aliphatic rings. The van der Waals surface area contributed by atoms with Crippen molar-refractivity contribution in [2.45, 2.75) is 44.6 Å². The van der Waals surface area contributed by atoms with E-state index in [4.69, 9.17) is 18.9 Å². The zero-order valence-corrected chi connectivity index (χ0v) is 14.3. The first-order valence-electron chi connectivity index (χ1n) is 8.45. The smallest absolute Gasteiger partial charge is 0.225 e. The largest absolute Gasteiger partial charge is 0.497 e. The number of hydrogen-bond donors (Lipinski definition) is 0. The van der Waals surface area contributed by atoms with Gasteiger partial charge in [-0.3, -0.25) is 4.79 Å². The van der Waals surface area contributed by atoms with Crippen molar-refractivity contribution < 1.29 is 23.7 Å². The average Bonchev–Trinajstić information content (AvgIpc) is 2.63. The lowest BCUT2D eigenvalue weighted by atomic mass is 10.0. The Kier molecular flexibility index (Phi) is 5.58. The van der Waals surface area contributed by atoms with Crippen molar-refractivity contribution >= 4 is 5.91 Å². The fourth-order valence-corrected chi connectivity index (χ4v) is 3.11. The van der Waals surface area contributed by atoms with Gasteiger partial charge in [0, 0.05) is 31.2 Å². The fourth-order valence-electron chi connectivity index (χ4n) is 3.11. The number of β-lactam (4-membered cyclic amide) rings is 1. The summed E-state index contributed by atoms with van der Waals surface area (Å²) >= 11 is 0. The number of carbonyl (C=O) groups is 1. The van der Waals surface area contributed by atoms with Crippen LogP contribution in [0.4, 0.5) is 0 Å². The van der Waals surface area contributed by atoms with Crippen LogP contribution in [0, 0.1) is 0 Å². The molecular formula is C18H25NO5. The normalized spacial score (nSPS) is 23.8. The minimum absolute atomic E-state index is 0.106. The molecule has 1 aromatic carbocycles. The molecule has 0 aromatic heterocycles. The highest BCUT2D eigenvalue weighted by molar-refractivity contribution is 5.83. The SMILES string of the molecule is COc1ccc(CN2C(=O)CC2COC2CCCCO2)c(OC)c1. The molecular weight excluding hydrogens is 310 g/mol. The van der Waals surface area contributed by atoms with E-state index in [2.05, 4.69) is 0 Å². The summed E-state index contributed by atoms with van der Waals surface area (Å²) in [7, 11) is 3.24. The van der Waals surface area contributed by atoms with Crippen LogP contribution in [0.5, 0.6) is 11.5 Å². The number of carbonyl (C=O) groups excluding carboxylic acids is 1. The summed E-state index contributed by atoms with van der Waals surface area (Å²) in [6.45, 7) is 1.81. The molecule has 0 spiro atoms. The lowest BCUT2D eigenvalue weighted by Gasteiger charge is -2.41. The van der Waals surface area contributed by atoms with Gasteiger partial charge in [-0.2, -0.15) is 0 Å². The molecule has 132 valence electrons. The van der Waals surface area contributed by atoms with Crippen LogP contribution in [0.15, 0.2) is 18.2 Å². The van der Waals surface area contributed by atoms with Crippen LogP contribution >= 0.6 is 0 Å². The van der Waals surface area contributed by atoms with Crippen LogP contribution < -0.4 is 9.47 Å². The average molecular weight is 335 g/mol. The van der Waals surface area contributed by atoms with Crippen molar-refractivity contribution in [2.24, 2.45) is 0 Å². The van der Waals surface area contributed by atoms with E-state index >= 15 is 0 Å². The molecule has 24 heavy (non-hydrogen) atoms. The van der Waals surface area contributed by atoms with Crippen LogP contribution in [0.2, 0.25) is 0 Å². The maximum atomic E-state index is 12.0. The first-order valence-corrected chi connectivity index (χ1v) is 8.45. The number of nitrogens with zero attached hydrogens (tertiary/aromatic N) is 1. The number of amides is 1. The third kappa shape index (κ3) is 3.82. The molecule has 2 aliphatic heterocycles. The van der Waals surface area contributed by atoms with Crippen molar-refractivity contribution in [3.8, 4) is 11.5 Å². The van der Waals surface area contributed by atoms with E-state index in [1.807, 2.05) is 23.1 Å². The third-order valence-corrected chi connectivity index (χ3v) is 4.62. The molecule has 6 heteroatoms. The van der Waals surface area contributed by atoms with E-state index in [1.165, 1.54) is 0 Å².